The van der Waals surface area contributed by atoms with Gasteiger partial charge in [-0.2, -0.15) is 0 Å². The van der Waals surface area contributed by atoms with E-state index in [0.29, 0.717) is 0 Å². The molecule has 0 radical (unpaired) electrons. The fourth-order valence-corrected chi connectivity index (χ4v) is 2.36. The quantitative estimate of drug-likeness (QED) is 0.833. The molecule has 2 rings (SSSR count). The summed E-state index contributed by atoms with van der Waals surface area (Å²) in [6.45, 7) is 3.08. The van der Waals surface area contributed by atoms with Crippen LogP contribution in [0.1, 0.15) is 25.3 Å². The molecule has 1 unspecified atom stereocenters. The maximum Gasteiger partial charge on any atom is 0.0406 e. The van der Waals surface area contributed by atoms with Gasteiger partial charge in [0, 0.05) is 5.02 Å². The molecule has 1 saturated carbocycles. The maximum absolute atomic E-state index is 5.90. The molecule has 0 spiro atoms. The van der Waals surface area contributed by atoms with Gasteiger partial charge in [-0.05, 0) is 54.8 Å². The monoisotopic (exact) mass is 223 g/mol. The van der Waals surface area contributed by atoms with E-state index in [9.17, 15) is 0 Å². The molecule has 0 saturated heterocycles. The van der Waals surface area contributed by atoms with Crippen LogP contribution in [-0.2, 0) is 6.42 Å². The highest BCUT2D eigenvalue weighted by Gasteiger charge is 2.40. The van der Waals surface area contributed by atoms with Crippen molar-refractivity contribution in [2.75, 3.05) is 6.54 Å². The molecule has 0 bridgehead atoms. The largest absolute Gasteiger partial charge is 0.330 e. The van der Waals surface area contributed by atoms with Gasteiger partial charge in [-0.25, -0.2) is 0 Å². The van der Waals surface area contributed by atoms with Gasteiger partial charge >= 0.3 is 0 Å². The maximum atomic E-state index is 5.90. The van der Waals surface area contributed by atoms with Crippen LogP contribution in [0.5, 0.6) is 0 Å². The molecule has 2 N–H and O–H groups in total. The number of rotatable bonds is 4. The minimum Gasteiger partial charge on any atom is -0.330 e. The molecular formula is C13H18ClN. The van der Waals surface area contributed by atoms with E-state index in [1.54, 1.807) is 0 Å². The Morgan fingerprint density at radius 3 is 2.40 bits per heavy atom. The molecule has 1 aromatic rings. The van der Waals surface area contributed by atoms with Crippen LogP contribution in [-0.4, -0.2) is 6.54 Å². The molecule has 0 aromatic heterocycles. The lowest BCUT2D eigenvalue weighted by Gasteiger charge is -2.28. The van der Waals surface area contributed by atoms with Gasteiger partial charge in [-0.15, -0.1) is 0 Å². The van der Waals surface area contributed by atoms with Crippen molar-refractivity contribution < 1.29 is 0 Å². The fourth-order valence-electron chi connectivity index (χ4n) is 2.23. The van der Waals surface area contributed by atoms with Crippen molar-refractivity contribution in [3.8, 4) is 0 Å². The Bertz CT molecular complexity index is 329. The summed E-state index contributed by atoms with van der Waals surface area (Å²) in [6.07, 6.45) is 3.77. The van der Waals surface area contributed by atoms with Crippen molar-refractivity contribution in [3.63, 3.8) is 0 Å². The zero-order chi connectivity index (χ0) is 10.9. The Labute approximate surface area is 96.6 Å². The Kier molecular flexibility index (Phi) is 3.03. The van der Waals surface area contributed by atoms with E-state index in [0.717, 1.165) is 23.9 Å². The van der Waals surface area contributed by atoms with E-state index in [1.807, 2.05) is 12.1 Å². The van der Waals surface area contributed by atoms with E-state index >= 15 is 0 Å². The predicted molar refractivity (Wildman–Crippen MR) is 65.0 cm³/mol. The summed E-state index contributed by atoms with van der Waals surface area (Å²) in [5.41, 5.74) is 7.53. The van der Waals surface area contributed by atoms with Gasteiger partial charge < -0.3 is 5.73 Å². The van der Waals surface area contributed by atoms with E-state index in [2.05, 4.69) is 19.1 Å². The van der Waals surface area contributed by atoms with Crippen LogP contribution in [0.4, 0.5) is 0 Å². The highest BCUT2D eigenvalue weighted by molar-refractivity contribution is 6.30. The minimum absolute atomic E-state index is 0.286. The second-order valence-electron chi connectivity index (χ2n) is 4.94. The van der Waals surface area contributed by atoms with Gasteiger partial charge in [0.15, 0.2) is 0 Å². The first-order chi connectivity index (χ1) is 7.14. The zero-order valence-electron chi connectivity index (χ0n) is 9.17. The van der Waals surface area contributed by atoms with Crippen LogP contribution < -0.4 is 5.73 Å². The summed E-state index contributed by atoms with van der Waals surface area (Å²) in [5.74, 6) is 0.832. The molecule has 1 fully saturated rings. The van der Waals surface area contributed by atoms with E-state index in [-0.39, 0.29) is 5.41 Å². The topological polar surface area (TPSA) is 26.0 Å². The van der Waals surface area contributed by atoms with E-state index < -0.39 is 0 Å². The third-order valence-corrected chi connectivity index (χ3v) is 3.80. The van der Waals surface area contributed by atoms with Gasteiger partial charge in [0.2, 0.25) is 0 Å². The van der Waals surface area contributed by atoms with Crippen molar-refractivity contribution in [1.29, 1.82) is 0 Å². The minimum atomic E-state index is 0.286. The lowest BCUT2D eigenvalue weighted by atomic mass is 9.79. The van der Waals surface area contributed by atoms with Crippen LogP contribution in [0.3, 0.4) is 0 Å². The van der Waals surface area contributed by atoms with E-state index in [1.165, 1.54) is 18.4 Å². The Morgan fingerprint density at radius 2 is 1.93 bits per heavy atom. The molecule has 1 aliphatic rings. The molecule has 1 nitrogen and oxygen atoms in total. The average molecular weight is 224 g/mol. The van der Waals surface area contributed by atoms with Crippen molar-refractivity contribution in [2.24, 2.45) is 17.1 Å². The third kappa shape index (κ3) is 2.53. The van der Waals surface area contributed by atoms with Crippen LogP contribution in [0.15, 0.2) is 24.3 Å². The molecule has 15 heavy (non-hydrogen) atoms. The lowest BCUT2D eigenvalue weighted by Crippen LogP contribution is -2.31. The molecule has 0 aliphatic heterocycles. The van der Waals surface area contributed by atoms with Gasteiger partial charge in [-0.1, -0.05) is 30.7 Å². The molecule has 1 atom stereocenters. The molecule has 2 heteroatoms. The number of halogens is 1. The molecule has 0 amide bonds. The molecule has 0 heterocycles. The van der Waals surface area contributed by atoms with E-state index in [4.69, 9.17) is 17.3 Å². The van der Waals surface area contributed by atoms with Crippen molar-refractivity contribution in [2.45, 2.75) is 26.2 Å². The van der Waals surface area contributed by atoms with Gasteiger partial charge in [0.1, 0.15) is 0 Å². The lowest BCUT2D eigenvalue weighted by molar-refractivity contribution is 0.282. The summed E-state index contributed by atoms with van der Waals surface area (Å²) in [6, 6.07) is 8.14. The second-order valence-corrected chi connectivity index (χ2v) is 5.37. The van der Waals surface area contributed by atoms with Crippen molar-refractivity contribution >= 4 is 11.6 Å². The zero-order valence-corrected chi connectivity index (χ0v) is 9.93. The Hall–Kier alpha value is -0.530. The molecular weight excluding hydrogens is 206 g/mol. The molecule has 1 aliphatic carbocycles. The van der Waals surface area contributed by atoms with Crippen LogP contribution in [0, 0.1) is 11.3 Å². The Balaban J connectivity index is 2.09. The highest BCUT2D eigenvalue weighted by atomic mass is 35.5. The first-order valence-corrected chi connectivity index (χ1v) is 5.96. The predicted octanol–water partition coefficient (Wildman–Crippen LogP) is 3.26. The van der Waals surface area contributed by atoms with Crippen LogP contribution in [0.25, 0.3) is 0 Å². The summed E-state index contributed by atoms with van der Waals surface area (Å²) < 4.78 is 0. The fraction of sp³-hybridized carbons (Fsp3) is 0.538. The normalized spacial score (nSPS) is 19.9. The summed E-state index contributed by atoms with van der Waals surface area (Å²) in [5, 5.41) is 0.805. The van der Waals surface area contributed by atoms with Crippen molar-refractivity contribution in [3.05, 3.63) is 34.9 Å². The Morgan fingerprint density at radius 1 is 1.33 bits per heavy atom. The van der Waals surface area contributed by atoms with Gasteiger partial charge in [-0.3, -0.25) is 0 Å². The standard InChI is InChI=1S/C13H18ClN/c1-13(9-15,11-4-5-11)8-10-2-6-12(14)7-3-10/h2-3,6-7,11H,4-5,8-9,15H2,1H3. The van der Waals surface area contributed by atoms with Crippen molar-refractivity contribution in [1.82, 2.24) is 0 Å². The molecule has 82 valence electrons. The van der Waals surface area contributed by atoms with Crippen LogP contribution in [0.2, 0.25) is 5.02 Å². The summed E-state index contributed by atoms with van der Waals surface area (Å²) >= 11 is 5.87. The van der Waals surface area contributed by atoms with Gasteiger partial charge in [0.05, 0.1) is 0 Å². The summed E-state index contributed by atoms with van der Waals surface area (Å²) in [7, 11) is 0. The first kappa shape index (κ1) is 11.0. The number of hydrogen-bond donors (Lipinski definition) is 1. The van der Waals surface area contributed by atoms with Gasteiger partial charge in [0.25, 0.3) is 0 Å². The number of hydrogen-bond acceptors (Lipinski definition) is 1. The average Bonchev–Trinajstić information content (AvgIpc) is 3.05. The second kappa shape index (κ2) is 4.15. The molecule has 1 aromatic carbocycles. The number of benzene rings is 1. The highest BCUT2D eigenvalue weighted by Crippen LogP contribution is 2.46. The smallest absolute Gasteiger partial charge is 0.0406 e. The SMILES string of the molecule is CC(CN)(Cc1ccc(Cl)cc1)C1CC1. The number of nitrogens with two attached hydrogens (primary N) is 1. The third-order valence-electron chi connectivity index (χ3n) is 3.55. The van der Waals surface area contributed by atoms with Crippen LogP contribution >= 0.6 is 11.6 Å². The first-order valence-electron chi connectivity index (χ1n) is 5.58. The summed E-state index contributed by atoms with van der Waals surface area (Å²) in [4.78, 5) is 0.